The van der Waals surface area contributed by atoms with E-state index in [2.05, 4.69) is 0 Å². The van der Waals surface area contributed by atoms with Crippen LogP contribution < -0.4 is 0 Å². The van der Waals surface area contributed by atoms with Crippen LogP contribution in [0.25, 0.3) is 0 Å². The molecule has 0 saturated carbocycles. The molecule has 0 aromatic heterocycles. The van der Waals surface area contributed by atoms with E-state index in [1.165, 1.54) is 23.1 Å². The number of rotatable bonds is 6. The highest BCUT2D eigenvalue weighted by atomic mass is 35.5. The number of amides is 2. The van der Waals surface area contributed by atoms with Crippen molar-refractivity contribution in [2.24, 2.45) is 5.92 Å². The molecule has 28 heavy (non-hydrogen) atoms. The Morgan fingerprint density at radius 2 is 1.75 bits per heavy atom. The minimum atomic E-state index is -0.602. The quantitative estimate of drug-likeness (QED) is 0.488. The number of hydrogen-bond donors (Lipinski definition) is 0. The molecule has 146 valence electrons. The molecule has 2 aromatic rings. The number of hydrogen-bond acceptors (Lipinski definition) is 4. The molecule has 0 unspecified atom stereocenters. The molecule has 3 rings (SSSR count). The van der Waals surface area contributed by atoms with Crippen molar-refractivity contribution in [1.82, 2.24) is 4.90 Å². The Balaban J connectivity index is 1.73. The summed E-state index contributed by atoms with van der Waals surface area (Å²) in [5.41, 5.74) is 1.36. The van der Waals surface area contributed by atoms with Gasteiger partial charge in [0.2, 0.25) is 0 Å². The van der Waals surface area contributed by atoms with Crippen LogP contribution in [0, 0.1) is 5.92 Å². The second kappa shape index (κ2) is 8.33. The van der Waals surface area contributed by atoms with Crippen molar-refractivity contribution in [3.8, 4) is 0 Å². The summed E-state index contributed by atoms with van der Waals surface area (Å²) >= 11 is 11.9. The molecule has 0 fully saturated rings. The highest BCUT2D eigenvalue weighted by Crippen LogP contribution is 2.26. The van der Waals surface area contributed by atoms with Crippen LogP contribution in [0.2, 0.25) is 10.0 Å². The first-order chi connectivity index (χ1) is 13.3. The van der Waals surface area contributed by atoms with Gasteiger partial charge in [0.05, 0.1) is 16.7 Å². The van der Waals surface area contributed by atoms with Gasteiger partial charge in [0.1, 0.15) is 6.61 Å². The van der Waals surface area contributed by atoms with Crippen molar-refractivity contribution < 1.29 is 19.1 Å². The molecular weight excluding hydrogens is 401 g/mol. The first-order valence-corrected chi connectivity index (χ1v) is 9.65. The summed E-state index contributed by atoms with van der Waals surface area (Å²) < 4.78 is 5.29. The molecule has 0 atom stereocenters. The summed E-state index contributed by atoms with van der Waals surface area (Å²) in [6, 6.07) is 9.30. The molecule has 0 bridgehead atoms. The summed E-state index contributed by atoms with van der Waals surface area (Å²) in [6.45, 7) is 4.39. The average Bonchev–Trinajstić information content (AvgIpc) is 2.89. The van der Waals surface area contributed by atoms with E-state index in [0.29, 0.717) is 33.6 Å². The molecule has 1 aliphatic rings. The number of imide groups is 1. The maximum absolute atomic E-state index is 12.6. The molecule has 1 aliphatic heterocycles. The SMILES string of the molecule is CC(C)CCN1C(=O)c2ccc(C(=O)OCc3ccc(Cl)cc3Cl)cc2C1=O. The van der Waals surface area contributed by atoms with Crippen LogP contribution in [0.4, 0.5) is 0 Å². The number of halogens is 2. The molecule has 0 radical (unpaired) electrons. The zero-order valence-corrected chi connectivity index (χ0v) is 17.0. The molecule has 1 heterocycles. The smallest absolute Gasteiger partial charge is 0.338 e. The third-order valence-electron chi connectivity index (χ3n) is 4.51. The molecule has 5 nitrogen and oxygen atoms in total. The Morgan fingerprint density at radius 3 is 2.43 bits per heavy atom. The van der Waals surface area contributed by atoms with E-state index in [9.17, 15) is 14.4 Å². The highest BCUT2D eigenvalue weighted by Gasteiger charge is 2.35. The van der Waals surface area contributed by atoms with Gasteiger partial charge in [0.15, 0.2) is 0 Å². The van der Waals surface area contributed by atoms with E-state index in [1.807, 2.05) is 13.8 Å². The Labute approximate surface area is 173 Å². The maximum atomic E-state index is 12.6. The second-order valence-corrected chi connectivity index (χ2v) is 7.86. The lowest BCUT2D eigenvalue weighted by Crippen LogP contribution is -2.31. The Morgan fingerprint density at radius 1 is 1.04 bits per heavy atom. The first kappa shape index (κ1) is 20.4. The van der Waals surface area contributed by atoms with Crippen LogP contribution >= 0.6 is 23.2 Å². The van der Waals surface area contributed by atoms with Crippen molar-refractivity contribution >= 4 is 41.0 Å². The first-order valence-electron chi connectivity index (χ1n) is 8.89. The van der Waals surface area contributed by atoms with Crippen LogP contribution in [-0.2, 0) is 11.3 Å². The largest absolute Gasteiger partial charge is 0.457 e. The van der Waals surface area contributed by atoms with Crippen LogP contribution in [-0.4, -0.2) is 29.2 Å². The molecule has 2 amide bonds. The summed E-state index contributed by atoms with van der Waals surface area (Å²) in [5, 5.41) is 0.889. The number of esters is 1. The van der Waals surface area contributed by atoms with Crippen molar-refractivity contribution in [2.45, 2.75) is 26.9 Å². The minimum absolute atomic E-state index is 0.0285. The van der Waals surface area contributed by atoms with Gasteiger partial charge < -0.3 is 4.74 Å². The predicted octanol–water partition coefficient (Wildman–Crippen LogP) is 4.99. The molecule has 0 spiro atoms. The zero-order valence-electron chi connectivity index (χ0n) is 15.5. The number of benzene rings is 2. The van der Waals surface area contributed by atoms with E-state index >= 15 is 0 Å². The van der Waals surface area contributed by atoms with Gasteiger partial charge in [-0.1, -0.05) is 43.1 Å². The number of ether oxygens (including phenoxy) is 1. The number of fused-ring (bicyclic) bond motifs is 1. The monoisotopic (exact) mass is 419 g/mol. The summed E-state index contributed by atoms with van der Waals surface area (Å²) in [4.78, 5) is 38.6. The summed E-state index contributed by atoms with van der Waals surface area (Å²) in [7, 11) is 0. The van der Waals surface area contributed by atoms with E-state index in [0.717, 1.165) is 6.42 Å². The lowest BCUT2D eigenvalue weighted by molar-refractivity contribution is 0.0472. The molecule has 7 heteroatoms. The van der Waals surface area contributed by atoms with E-state index in [1.54, 1.807) is 18.2 Å². The Kier molecular flexibility index (Phi) is 6.06. The van der Waals surface area contributed by atoms with Gasteiger partial charge >= 0.3 is 5.97 Å². The van der Waals surface area contributed by atoms with Crippen LogP contribution in [0.3, 0.4) is 0 Å². The zero-order chi connectivity index (χ0) is 20.4. The van der Waals surface area contributed by atoms with Gasteiger partial charge in [0.25, 0.3) is 11.8 Å². The minimum Gasteiger partial charge on any atom is -0.457 e. The van der Waals surface area contributed by atoms with Crippen LogP contribution in [0.5, 0.6) is 0 Å². The fourth-order valence-corrected chi connectivity index (χ4v) is 3.34. The summed E-state index contributed by atoms with van der Waals surface area (Å²) in [6.07, 6.45) is 0.724. The standard InChI is InChI=1S/C21H19Cl2NO4/c1-12(2)7-8-24-19(25)16-6-4-13(9-17(16)20(24)26)21(27)28-11-14-3-5-15(22)10-18(14)23/h3-6,9-10,12H,7-8,11H2,1-2H3. The Bertz CT molecular complexity index is 955. The molecule has 2 aromatic carbocycles. The molecule has 0 aliphatic carbocycles. The highest BCUT2D eigenvalue weighted by molar-refractivity contribution is 6.35. The van der Waals surface area contributed by atoms with Crippen LogP contribution in [0.1, 0.15) is 56.9 Å². The van der Waals surface area contributed by atoms with E-state index < -0.39 is 5.97 Å². The fourth-order valence-electron chi connectivity index (χ4n) is 2.87. The van der Waals surface area contributed by atoms with Crippen LogP contribution in [0.15, 0.2) is 36.4 Å². The van der Waals surface area contributed by atoms with Crippen molar-refractivity contribution in [3.63, 3.8) is 0 Å². The van der Waals surface area contributed by atoms with E-state index in [4.69, 9.17) is 27.9 Å². The van der Waals surface area contributed by atoms with Gasteiger partial charge in [-0.3, -0.25) is 14.5 Å². The number of carbonyl (C=O) groups excluding carboxylic acids is 3. The van der Waals surface area contributed by atoms with Crippen molar-refractivity contribution in [1.29, 1.82) is 0 Å². The molecule has 0 saturated heterocycles. The fraction of sp³-hybridized carbons (Fsp3) is 0.286. The lowest BCUT2D eigenvalue weighted by atomic mass is 10.1. The molecule has 0 N–H and O–H groups in total. The van der Waals surface area contributed by atoms with Gasteiger partial charge in [0, 0.05) is 22.2 Å². The normalized spacial score (nSPS) is 13.2. The van der Waals surface area contributed by atoms with Gasteiger partial charge in [-0.2, -0.15) is 0 Å². The third-order valence-corrected chi connectivity index (χ3v) is 5.10. The maximum Gasteiger partial charge on any atom is 0.338 e. The van der Waals surface area contributed by atoms with Crippen molar-refractivity contribution in [2.75, 3.05) is 6.54 Å². The topological polar surface area (TPSA) is 63.7 Å². The number of nitrogens with zero attached hydrogens (tertiary/aromatic N) is 1. The van der Waals surface area contributed by atoms with Gasteiger partial charge in [-0.25, -0.2) is 4.79 Å². The number of carbonyl (C=O) groups is 3. The lowest BCUT2D eigenvalue weighted by Gasteiger charge is -2.14. The Hall–Kier alpha value is -2.37. The van der Waals surface area contributed by atoms with Gasteiger partial charge in [-0.05, 0) is 42.7 Å². The predicted molar refractivity (Wildman–Crippen MR) is 107 cm³/mol. The summed E-state index contributed by atoms with van der Waals surface area (Å²) in [5.74, 6) is -0.936. The average molecular weight is 420 g/mol. The second-order valence-electron chi connectivity index (χ2n) is 7.02. The van der Waals surface area contributed by atoms with Crippen molar-refractivity contribution in [3.05, 3.63) is 68.7 Å². The molecular formula is C21H19Cl2NO4. The third kappa shape index (κ3) is 4.21. The van der Waals surface area contributed by atoms with Gasteiger partial charge in [-0.15, -0.1) is 0 Å². The van der Waals surface area contributed by atoms with E-state index in [-0.39, 0.29) is 29.5 Å².